The summed E-state index contributed by atoms with van der Waals surface area (Å²) in [5.41, 5.74) is 3.12. The highest BCUT2D eigenvalue weighted by Crippen LogP contribution is 2.33. The van der Waals surface area contributed by atoms with Crippen LogP contribution in [0.15, 0.2) is 18.5 Å². The Bertz CT molecular complexity index is 528. The van der Waals surface area contributed by atoms with Crippen molar-refractivity contribution in [1.82, 2.24) is 19.9 Å². The Hall–Kier alpha value is -1.42. The number of nitrogens with zero attached hydrogens (tertiary/aromatic N) is 3. The van der Waals surface area contributed by atoms with Crippen LogP contribution in [0.2, 0.25) is 0 Å². The highest BCUT2D eigenvalue weighted by atomic mass is 15.2. The highest BCUT2D eigenvalue weighted by Gasteiger charge is 2.19. The predicted octanol–water partition coefficient (Wildman–Crippen LogP) is 2.32. The average molecular weight is 244 g/mol. The first-order valence-electron chi connectivity index (χ1n) is 6.83. The lowest BCUT2D eigenvalue weighted by atomic mass is 10.2. The lowest BCUT2D eigenvalue weighted by Crippen LogP contribution is -2.15. The normalized spacial score (nSPS) is 15.4. The molecule has 1 fully saturated rings. The first-order valence-corrected chi connectivity index (χ1v) is 6.83. The predicted molar refractivity (Wildman–Crippen MR) is 71.4 cm³/mol. The summed E-state index contributed by atoms with van der Waals surface area (Å²) >= 11 is 0. The van der Waals surface area contributed by atoms with Crippen LogP contribution in [0.25, 0.3) is 5.65 Å². The van der Waals surface area contributed by atoms with Gasteiger partial charge >= 0.3 is 0 Å². The summed E-state index contributed by atoms with van der Waals surface area (Å²) in [6, 6.07) is 1.99. The maximum Gasteiger partial charge on any atom is 0.155 e. The van der Waals surface area contributed by atoms with Crippen LogP contribution in [0.5, 0.6) is 0 Å². The molecule has 0 bridgehead atoms. The van der Waals surface area contributed by atoms with E-state index in [9.17, 15) is 0 Å². The van der Waals surface area contributed by atoms with Crippen molar-refractivity contribution in [3.63, 3.8) is 0 Å². The van der Waals surface area contributed by atoms with Gasteiger partial charge in [-0.05, 0) is 32.2 Å². The maximum absolute atomic E-state index is 4.40. The summed E-state index contributed by atoms with van der Waals surface area (Å²) in [6.07, 6.45) is 9.59. The molecule has 1 aliphatic carbocycles. The van der Waals surface area contributed by atoms with Crippen LogP contribution in [0.4, 0.5) is 0 Å². The monoisotopic (exact) mass is 244 g/mol. The molecule has 0 saturated heterocycles. The van der Waals surface area contributed by atoms with Crippen LogP contribution < -0.4 is 5.32 Å². The molecule has 96 valence electrons. The van der Waals surface area contributed by atoms with Crippen molar-refractivity contribution in [2.75, 3.05) is 6.54 Å². The van der Waals surface area contributed by atoms with Gasteiger partial charge in [-0.15, -0.1) is 0 Å². The van der Waals surface area contributed by atoms with Crippen LogP contribution in [0.3, 0.4) is 0 Å². The van der Waals surface area contributed by atoms with Gasteiger partial charge in [0.25, 0.3) is 0 Å². The minimum absolute atomic E-state index is 0.881. The molecule has 0 spiro atoms. The third-order valence-electron chi connectivity index (χ3n) is 3.48. The van der Waals surface area contributed by atoms with Gasteiger partial charge in [0.2, 0.25) is 0 Å². The average Bonchev–Trinajstić information content (AvgIpc) is 3.09. The Kier molecular flexibility index (Phi) is 3.28. The lowest BCUT2D eigenvalue weighted by molar-refractivity contribution is 0.592. The number of nitrogens with one attached hydrogen (secondary N) is 1. The summed E-state index contributed by atoms with van der Waals surface area (Å²) in [7, 11) is 0. The van der Waals surface area contributed by atoms with Crippen LogP contribution in [0, 0.1) is 12.8 Å². The van der Waals surface area contributed by atoms with Crippen molar-refractivity contribution in [1.29, 1.82) is 0 Å². The number of rotatable bonds is 6. The highest BCUT2D eigenvalue weighted by molar-refractivity contribution is 5.38. The number of fused-ring (bicyclic) bond motifs is 1. The van der Waals surface area contributed by atoms with E-state index in [1.807, 2.05) is 23.7 Å². The second-order valence-corrected chi connectivity index (χ2v) is 5.31. The fourth-order valence-electron chi connectivity index (χ4n) is 2.28. The molecule has 1 saturated carbocycles. The molecule has 3 rings (SSSR count). The molecular formula is C14H20N4. The molecule has 1 N–H and O–H groups in total. The molecular weight excluding hydrogens is 224 g/mol. The maximum atomic E-state index is 4.40. The zero-order chi connectivity index (χ0) is 12.4. The molecule has 2 aromatic rings. The van der Waals surface area contributed by atoms with Crippen LogP contribution in [-0.4, -0.2) is 21.1 Å². The third-order valence-corrected chi connectivity index (χ3v) is 3.48. The third kappa shape index (κ3) is 2.88. The summed E-state index contributed by atoms with van der Waals surface area (Å²) in [6.45, 7) is 3.98. The van der Waals surface area contributed by atoms with E-state index in [1.165, 1.54) is 31.2 Å². The Labute approximate surface area is 107 Å². The molecule has 0 atom stereocenters. The van der Waals surface area contributed by atoms with E-state index in [0.717, 1.165) is 30.3 Å². The molecule has 4 nitrogen and oxygen atoms in total. The van der Waals surface area contributed by atoms with E-state index in [2.05, 4.69) is 21.6 Å². The largest absolute Gasteiger partial charge is 0.313 e. The van der Waals surface area contributed by atoms with E-state index in [-0.39, 0.29) is 0 Å². The van der Waals surface area contributed by atoms with Crippen molar-refractivity contribution in [2.24, 2.45) is 5.92 Å². The fourth-order valence-corrected chi connectivity index (χ4v) is 2.28. The van der Waals surface area contributed by atoms with E-state index >= 15 is 0 Å². The smallest absolute Gasteiger partial charge is 0.155 e. The summed E-state index contributed by atoms with van der Waals surface area (Å²) in [5, 5.41) is 7.85. The van der Waals surface area contributed by atoms with Gasteiger partial charge < -0.3 is 5.32 Å². The van der Waals surface area contributed by atoms with E-state index in [0.29, 0.717) is 0 Å². The van der Waals surface area contributed by atoms with Crippen LogP contribution >= 0.6 is 0 Å². The zero-order valence-electron chi connectivity index (χ0n) is 10.9. The zero-order valence-corrected chi connectivity index (χ0v) is 10.9. The fraction of sp³-hybridized carbons (Fsp3) is 0.571. The number of hydrogen-bond donors (Lipinski definition) is 1. The van der Waals surface area contributed by atoms with Gasteiger partial charge in [0.1, 0.15) is 0 Å². The first kappa shape index (κ1) is 11.7. The minimum atomic E-state index is 0.881. The van der Waals surface area contributed by atoms with Crippen molar-refractivity contribution < 1.29 is 0 Å². The van der Waals surface area contributed by atoms with Crippen LogP contribution in [0.1, 0.15) is 36.9 Å². The molecule has 2 aromatic heterocycles. The Balaban J connectivity index is 1.50. The van der Waals surface area contributed by atoms with E-state index < -0.39 is 0 Å². The number of aryl methyl sites for hydroxylation is 1. The van der Waals surface area contributed by atoms with Crippen molar-refractivity contribution in [3.8, 4) is 0 Å². The molecule has 18 heavy (non-hydrogen) atoms. The number of hydrogen-bond acceptors (Lipinski definition) is 3. The van der Waals surface area contributed by atoms with E-state index in [1.54, 1.807) is 0 Å². The van der Waals surface area contributed by atoms with Gasteiger partial charge in [-0.2, -0.15) is 5.10 Å². The molecule has 0 aromatic carbocycles. The quantitative estimate of drug-likeness (QED) is 0.793. The molecule has 0 amide bonds. The SMILES string of the molecule is Cc1cc2ncc(CNCCCC3CC3)cn2n1. The molecule has 1 aliphatic rings. The standard InChI is InChI=1S/C14H20N4/c1-11-7-14-16-9-13(10-18(14)17-11)8-15-6-2-3-12-4-5-12/h7,9-10,12,15H,2-6,8H2,1H3. The minimum Gasteiger partial charge on any atom is -0.313 e. The Morgan fingerprint density at radius 3 is 3.17 bits per heavy atom. The van der Waals surface area contributed by atoms with Gasteiger partial charge in [0.15, 0.2) is 5.65 Å². The first-order chi connectivity index (χ1) is 8.81. The number of aromatic nitrogens is 3. The summed E-state index contributed by atoms with van der Waals surface area (Å²) < 4.78 is 1.86. The van der Waals surface area contributed by atoms with Gasteiger partial charge in [0.05, 0.1) is 5.69 Å². The van der Waals surface area contributed by atoms with Crippen molar-refractivity contribution in [2.45, 2.75) is 39.2 Å². The molecule has 2 heterocycles. The topological polar surface area (TPSA) is 42.2 Å². The second-order valence-electron chi connectivity index (χ2n) is 5.31. The van der Waals surface area contributed by atoms with Gasteiger partial charge in [-0.25, -0.2) is 9.50 Å². The van der Waals surface area contributed by atoms with E-state index in [4.69, 9.17) is 0 Å². The molecule has 0 unspecified atom stereocenters. The summed E-state index contributed by atoms with van der Waals surface area (Å²) in [4.78, 5) is 4.40. The molecule has 0 radical (unpaired) electrons. The van der Waals surface area contributed by atoms with Gasteiger partial charge in [-0.3, -0.25) is 0 Å². The van der Waals surface area contributed by atoms with Crippen molar-refractivity contribution >= 4 is 5.65 Å². The lowest BCUT2D eigenvalue weighted by Gasteiger charge is -2.04. The molecule has 4 heteroatoms. The van der Waals surface area contributed by atoms with Crippen LogP contribution in [-0.2, 0) is 6.54 Å². The van der Waals surface area contributed by atoms with Gasteiger partial charge in [-0.1, -0.05) is 12.8 Å². The Morgan fingerprint density at radius 2 is 2.33 bits per heavy atom. The second kappa shape index (κ2) is 5.06. The Morgan fingerprint density at radius 1 is 1.44 bits per heavy atom. The summed E-state index contributed by atoms with van der Waals surface area (Å²) in [5.74, 6) is 1.04. The van der Waals surface area contributed by atoms with Crippen molar-refractivity contribution in [3.05, 3.63) is 29.7 Å². The molecule has 0 aliphatic heterocycles. The van der Waals surface area contributed by atoms with Gasteiger partial charge in [0, 0.05) is 30.6 Å².